The highest BCUT2D eigenvalue weighted by molar-refractivity contribution is 8.03. The standard InChI is InChI=1S/C23H24N2O5S/c1-16(24-22(29)25-23(15-19(26)27)13-8-14-31-23)21(28)30-20(17-9-4-2-5-10-17)18-11-6-3-7-12-18/h2-12,14,16,20H,13,15H2,1H3,(H,26,27)(H2,24,25,29). The number of ether oxygens (including phenoxy) is 1. The van der Waals surface area contributed by atoms with Gasteiger partial charge in [0.25, 0.3) is 0 Å². The van der Waals surface area contributed by atoms with E-state index in [2.05, 4.69) is 10.6 Å². The SMILES string of the molecule is CC(NC(=O)NC1(CC(=O)O)CC=CS1)C(=O)OC(c1ccccc1)c1ccccc1. The maximum absolute atomic E-state index is 12.8. The molecular weight excluding hydrogens is 416 g/mol. The molecule has 0 radical (unpaired) electrons. The number of rotatable bonds is 8. The van der Waals surface area contributed by atoms with Crippen molar-refractivity contribution in [1.29, 1.82) is 0 Å². The summed E-state index contributed by atoms with van der Waals surface area (Å²) in [6, 6.07) is 17.1. The van der Waals surface area contributed by atoms with Gasteiger partial charge < -0.3 is 20.5 Å². The first-order valence-electron chi connectivity index (χ1n) is 9.82. The zero-order valence-electron chi connectivity index (χ0n) is 17.0. The molecule has 0 saturated heterocycles. The normalized spacial score (nSPS) is 18.4. The summed E-state index contributed by atoms with van der Waals surface area (Å²) in [6.07, 6.45) is 1.34. The fourth-order valence-electron chi connectivity index (χ4n) is 3.25. The number of hydrogen-bond donors (Lipinski definition) is 3. The summed E-state index contributed by atoms with van der Waals surface area (Å²) >= 11 is 1.24. The van der Waals surface area contributed by atoms with Crippen LogP contribution in [0.25, 0.3) is 0 Å². The molecule has 0 aliphatic carbocycles. The van der Waals surface area contributed by atoms with Gasteiger partial charge in [0, 0.05) is 0 Å². The molecule has 2 aromatic rings. The largest absolute Gasteiger partial charge is 0.481 e. The van der Waals surface area contributed by atoms with Crippen LogP contribution in [-0.2, 0) is 14.3 Å². The average Bonchev–Trinajstić information content (AvgIpc) is 3.19. The summed E-state index contributed by atoms with van der Waals surface area (Å²) in [4.78, 5) is 35.4. The number of esters is 1. The van der Waals surface area contributed by atoms with Crippen molar-refractivity contribution in [3.8, 4) is 0 Å². The Hall–Kier alpha value is -3.26. The van der Waals surface area contributed by atoms with Crippen LogP contribution in [0.3, 0.4) is 0 Å². The number of hydrogen-bond acceptors (Lipinski definition) is 5. The molecule has 1 heterocycles. The fourth-order valence-corrected chi connectivity index (χ4v) is 4.25. The number of amides is 2. The van der Waals surface area contributed by atoms with Crippen LogP contribution in [0.5, 0.6) is 0 Å². The Bertz CT molecular complexity index is 901. The first kappa shape index (κ1) is 22.4. The minimum absolute atomic E-state index is 0.235. The molecule has 0 bridgehead atoms. The maximum atomic E-state index is 12.8. The monoisotopic (exact) mass is 440 g/mol. The number of carbonyl (C=O) groups is 3. The minimum atomic E-state index is -1.02. The molecule has 2 amide bonds. The lowest BCUT2D eigenvalue weighted by Crippen LogP contribution is -2.53. The molecule has 0 aromatic heterocycles. The van der Waals surface area contributed by atoms with Crippen molar-refractivity contribution in [2.45, 2.75) is 36.8 Å². The van der Waals surface area contributed by atoms with Crippen LogP contribution < -0.4 is 10.6 Å². The van der Waals surface area contributed by atoms with E-state index in [1.807, 2.05) is 60.7 Å². The molecule has 1 aliphatic heterocycles. The maximum Gasteiger partial charge on any atom is 0.329 e. The molecule has 162 valence electrons. The molecule has 8 heteroatoms. The molecule has 31 heavy (non-hydrogen) atoms. The van der Waals surface area contributed by atoms with Gasteiger partial charge in [-0.1, -0.05) is 66.7 Å². The predicted molar refractivity (Wildman–Crippen MR) is 118 cm³/mol. The Morgan fingerprint density at radius 3 is 2.13 bits per heavy atom. The van der Waals surface area contributed by atoms with Crippen molar-refractivity contribution < 1.29 is 24.2 Å². The molecule has 7 nitrogen and oxygen atoms in total. The molecule has 3 rings (SSSR count). The zero-order valence-corrected chi connectivity index (χ0v) is 17.8. The molecule has 1 aliphatic rings. The summed E-state index contributed by atoms with van der Waals surface area (Å²) < 4.78 is 5.75. The second-order valence-corrected chi connectivity index (χ2v) is 8.51. The predicted octanol–water partition coefficient (Wildman–Crippen LogP) is 3.83. The van der Waals surface area contributed by atoms with Crippen molar-refractivity contribution in [2.24, 2.45) is 0 Å². The van der Waals surface area contributed by atoms with Crippen LogP contribution >= 0.6 is 11.8 Å². The van der Waals surface area contributed by atoms with Crippen LogP contribution in [0.2, 0.25) is 0 Å². The zero-order chi connectivity index (χ0) is 22.3. The highest BCUT2D eigenvalue weighted by Crippen LogP contribution is 2.37. The second kappa shape index (κ2) is 10.2. The summed E-state index contributed by atoms with van der Waals surface area (Å²) in [5.74, 6) is -1.62. The fraction of sp³-hybridized carbons (Fsp3) is 0.261. The van der Waals surface area contributed by atoms with Gasteiger partial charge in [-0.05, 0) is 29.9 Å². The highest BCUT2D eigenvalue weighted by Gasteiger charge is 2.37. The molecular formula is C23H24N2O5S. The average molecular weight is 441 g/mol. The van der Waals surface area contributed by atoms with Crippen LogP contribution in [0.1, 0.15) is 37.0 Å². The number of nitrogens with one attached hydrogen (secondary N) is 2. The van der Waals surface area contributed by atoms with E-state index < -0.39 is 35.0 Å². The van der Waals surface area contributed by atoms with E-state index in [0.29, 0.717) is 6.42 Å². The van der Waals surface area contributed by atoms with Gasteiger partial charge >= 0.3 is 18.0 Å². The first-order valence-corrected chi connectivity index (χ1v) is 10.7. The van der Waals surface area contributed by atoms with Crippen molar-refractivity contribution in [2.75, 3.05) is 0 Å². The Labute approximate surface area is 184 Å². The number of carboxylic acids is 1. The molecule has 2 unspecified atom stereocenters. The number of thioether (sulfide) groups is 1. The first-order chi connectivity index (χ1) is 14.9. The van der Waals surface area contributed by atoms with Gasteiger partial charge in [0.05, 0.1) is 6.42 Å². The molecule has 0 fully saturated rings. The van der Waals surface area contributed by atoms with Crippen molar-refractivity contribution in [1.82, 2.24) is 10.6 Å². The van der Waals surface area contributed by atoms with Gasteiger partial charge in [0.15, 0.2) is 6.10 Å². The van der Waals surface area contributed by atoms with Gasteiger partial charge in [-0.25, -0.2) is 9.59 Å². The smallest absolute Gasteiger partial charge is 0.329 e. The van der Waals surface area contributed by atoms with Gasteiger partial charge in [0.2, 0.25) is 0 Å². The Balaban J connectivity index is 1.65. The topological polar surface area (TPSA) is 105 Å². The molecule has 0 spiro atoms. The molecule has 2 aromatic carbocycles. The Morgan fingerprint density at radius 1 is 1.06 bits per heavy atom. The lowest BCUT2D eigenvalue weighted by atomic mass is 10.0. The number of benzene rings is 2. The number of urea groups is 1. The summed E-state index contributed by atoms with van der Waals surface area (Å²) in [5, 5.41) is 16.1. The van der Waals surface area contributed by atoms with E-state index in [9.17, 15) is 14.4 Å². The summed E-state index contributed by atoms with van der Waals surface area (Å²) in [6.45, 7) is 1.53. The molecule has 3 N–H and O–H groups in total. The quantitative estimate of drug-likeness (QED) is 0.539. The van der Waals surface area contributed by atoms with Gasteiger partial charge in [-0.2, -0.15) is 0 Å². The summed E-state index contributed by atoms with van der Waals surface area (Å²) in [7, 11) is 0. The number of carbonyl (C=O) groups excluding carboxylic acids is 2. The highest BCUT2D eigenvalue weighted by atomic mass is 32.2. The minimum Gasteiger partial charge on any atom is -0.481 e. The van der Waals surface area contributed by atoms with Gasteiger partial charge in [0.1, 0.15) is 10.9 Å². The lowest BCUT2D eigenvalue weighted by Gasteiger charge is -2.28. The summed E-state index contributed by atoms with van der Waals surface area (Å²) in [5.41, 5.74) is 1.63. The van der Waals surface area contributed by atoms with Gasteiger partial charge in [-0.3, -0.25) is 4.79 Å². The molecule has 0 saturated carbocycles. The van der Waals surface area contributed by atoms with Crippen LogP contribution in [-0.4, -0.2) is 34.0 Å². The van der Waals surface area contributed by atoms with E-state index in [1.165, 1.54) is 18.7 Å². The third kappa shape index (κ3) is 6.11. The van der Waals surface area contributed by atoms with E-state index in [-0.39, 0.29) is 6.42 Å². The van der Waals surface area contributed by atoms with Crippen LogP contribution in [0, 0.1) is 0 Å². The van der Waals surface area contributed by atoms with Crippen molar-refractivity contribution >= 4 is 29.7 Å². The third-order valence-electron chi connectivity index (χ3n) is 4.76. The van der Waals surface area contributed by atoms with Crippen LogP contribution in [0.15, 0.2) is 72.1 Å². The second-order valence-electron chi connectivity index (χ2n) is 7.22. The van der Waals surface area contributed by atoms with Gasteiger partial charge in [-0.15, -0.1) is 11.8 Å². The lowest BCUT2D eigenvalue weighted by molar-refractivity contribution is -0.149. The van der Waals surface area contributed by atoms with E-state index in [4.69, 9.17) is 9.84 Å². The van der Waals surface area contributed by atoms with E-state index >= 15 is 0 Å². The Morgan fingerprint density at radius 2 is 1.65 bits per heavy atom. The van der Waals surface area contributed by atoms with Crippen molar-refractivity contribution in [3.63, 3.8) is 0 Å². The molecule has 2 atom stereocenters. The third-order valence-corrected chi connectivity index (χ3v) is 5.95. The van der Waals surface area contributed by atoms with Crippen LogP contribution in [0.4, 0.5) is 4.79 Å². The van der Waals surface area contributed by atoms with Crippen molar-refractivity contribution in [3.05, 3.63) is 83.3 Å². The van der Waals surface area contributed by atoms with E-state index in [0.717, 1.165) is 11.1 Å². The number of carboxylic acid groups (broad SMARTS) is 1. The number of aliphatic carboxylic acids is 1. The Kier molecular flexibility index (Phi) is 7.36. The van der Waals surface area contributed by atoms with E-state index in [1.54, 1.807) is 11.5 Å².